The van der Waals surface area contributed by atoms with Gasteiger partial charge < -0.3 is 14.6 Å². The van der Waals surface area contributed by atoms with E-state index in [4.69, 9.17) is 9.47 Å². The van der Waals surface area contributed by atoms with Crippen LogP contribution in [-0.2, 0) is 9.47 Å². The van der Waals surface area contributed by atoms with Crippen molar-refractivity contribution in [2.45, 2.75) is 83.5 Å². The maximum atomic E-state index is 11.4. The third kappa shape index (κ3) is 3.53. The summed E-state index contributed by atoms with van der Waals surface area (Å²) in [7, 11) is -1.31. The van der Waals surface area contributed by atoms with E-state index in [1.165, 1.54) is 5.57 Å². The van der Waals surface area contributed by atoms with Crippen molar-refractivity contribution in [1.29, 1.82) is 0 Å². The predicted octanol–water partition coefficient (Wildman–Crippen LogP) is 4.59. The van der Waals surface area contributed by atoms with Crippen LogP contribution in [0, 0.1) is 17.3 Å². The molecule has 0 aromatic rings. The lowest BCUT2D eigenvalue weighted by Gasteiger charge is -2.33. The van der Waals surface area contributed by atoms with Gasteiger partial charge >= 0.3 is 0 Å². The minimum Gasteiger partial charge on any atom is -0.386 e. The summed E-state index contributed by atoms with van der Waals surface area (Å²) < 4.78 is 11.5. The molecular formula is C20H36O3Si. The van der Waals surface area contributed by atoms with Crippen LogP contribution in [0.1, 0.15) is 46.5 Å². The first-order valence-electron chi connectivity index (χ1n) is 9.68. The van der Waals surface area contributed by atoms with Crippen molar-refractivity contribution in [2.75, 3.05) is 13.2 Å². The van der Waals surface area contributed by atoms with Crippen LogP contribution in [0.3, 0.4) is 0 Å². The lowest BCUT2D eigenvalue weighted by molar-refractivity contribution is -0.148. The number of rotatable bonds is 6. The number of ether oxygens (including phenoxy) is 2. The molecule has 3 unspecified atom stereocenters. The minimum absolute atomic E-state index is 0.290. The molecule has 3 nitrogen and oxygen atoms in total. The number of hydrogen-bond acceptors (Lipinski definition) is 3. The second-order valence-corrected chi connectivity index (χ2v) is 15.7. The van der Waals surface area contributed by atoms with Crippen molar-refractivity contribution in [1.82, 2.24) is 0 Å². The largest absolute Gasteiger partial charge is 0.386 e. The molecular weight excluding hydrogens is 316 g/mol. The summed E-state index contributed by atoms with van der Waals surface area (Å²) in [5.41, 5.74) is 1.11. The fourth-order valence-corrected chi connectivity index (χ4v) is 7.44. The molecule has 1 N–H and O–H groups in total. The van der Waals surface area contributed by atoms with Gasteiger partial charge in [0.05, 0.1) is 18.8 Å². The van der Waals surface area contributed by atoms with Gasteiger partial charge in [-0.05, 0) is 55.1 Å². The van der Waals surface area contributed by atoms with E-state index in [0.29, 0.717) is 17.3 Å². The molecule has 1 saturated carbocycles. The lowest BCUT2D eigenvalue weighted by Crippen LogP contribution is -2.38. The zero-order chi connectivity index (χ0) is 17.8. The van der Waals surface area contributed by atoms with Gasteiger partial charge in [-0.25, -0.2) is 0 Å². The molecule has 0 radical (unpaired) electrons. The topological polar surface area (TPSA) is 38.7 Å². The van der Waals surface area contributed by atoms with Crippen molar-refractivity contribution in [3.8, 4) is 0 Å². The van der Waals surface area contributed by atoms with E-state index in [0.717, 1.165) is 44.9 Å². The summed E-state index contributed by atoms with van der Waals surface area (Å²) in [6, 6.07) is 0.995. The van der Waals surface area contributed by atoms with Gasteiger partial charge in [-0.3, -0.25) is 0 Å². The normalized spacial score (nSPS) is 37.5. The summed E-state index contributed by atoms with van der Waals surface area (Å²) >= 11 is 0. The quantitative estimate of drug-likeness (QED) is 0.561. The molecule has 138 valence electrons. The predicted molar refractivity (Wildman–Crippen MR) is 101 cm³/mol. The van der Waals surface area contributed by atoms with Gasteiger partial charge in [0.25, 0.3) is 0 Å². The summed E-state index contributed by atoms with van der Waals surface area (Å²) in [4.78, 5) is 0. The van der Waals surface area contributed by atoms with Gasteiger partial charge in [0.2, 0.25) is 0 Å². The van der Waals surface area contributed by atoms with Crippen molar-refractivity contribution in [3.63, 3.8) is 0 Å². The molecule has 1 heterocycles. The van der Waals surface area contributed by atoms with Crippen molar-refractivity contribution in [2.24, 2.45) is 17.3 Å². The van der Waals surface area contributed by atoms with Gasteiger partial charge in [0.1, 0.15) is 0 Å². The van der Waals surface area contributed by atoms with Crippen LogP contribution >= 0.6 is 0 Å². The smallest absolute Gasteiger partial charge is 0.165 e. The summed E-state index contributed by atoms with van der Waals surface area (Å²) in [6.07, 6.45) is 6.40. The molecule has 3 aliphatic rings. The fraction of sp³-hybridized carbons (Fsp3) is 0.900. The Morgan fingerprint density at radius 3 is 2.38 bits per heavy atom. The first-order chi connectivity index (χ1) is 11.0. The van der Waals surface area contributed by atoms with E-state index in [1.54, 1.807) is 0 Å². The average molecular weight is 353 g/mol. The van der Waals surface area contributed by atoms with Crippen LogP contribution in [0.5, 0.6) is 0 Å². The molecule has 4 heteroatoms. The molecule has 0 amide bonds. The molecule has 1 saturated heterocycles. The Labute approximate surface area is 148 Å². The van der Waals surface area contributed by atoms with Gasteiger partial charge in [0, 0.05) is 14.5 Å². The standard InChI is InChI=1S/C20H36O3Si/c1-18(2)15(9-11-19(3)22-12-13-23-19)17(18)16-8-7-10-20(16,21)14-24(4,5)6/h8,15,17,21H,7,9-14H2,1-6H3. The van der Waals surface area contributed by atoms with E-state index in [-0.39, 0.29) is 5.79 Å². The zero-order valence-corrected chi connectivity index (χ0v) is 17.4. The van der Waals surface area contributed by atoms with E-state index in [1.807, 2.05) is 0 Å². The monoisotopic (exact) mass is 352 g/mol. The molecule has 0 bridgehead atoms. The van der Waals surface area contributed by atoms with E-state index >= 15 is 0 Å². The number of hydrogen-bond donors (Lipinski definition) is 1. The second kappa shape index (κ2) is 5.93. The Bertz CT molecular complexity index is 513. The Balaban J connectivity index is 1.67. The van der Waals surface area contributed by atoms with Gasteiger partial charge in [0.15, 0.2) is 5.79 Å². The van der Waals surface area contributed by atoms with E-state index in [2.05, 4.69) is 46.5 Å². The molecule has 24 heavy (non-hydrogen) atoms. The Hall–Kier alpha value is -0.163. The molecule has 2 aliphatic carbocycles. The van der Waals surface area contributed by atoms with Crippen molar-refractivity contribution in [3.05, 3.63) is 11.6 Å². The molecule has 3 rings (SSSR count). The van der Waals surface area contributed by atoms with Crippen LogP contribution in [0.2, 0.25) is 25.7 Å². The highest BCUT2D eigenvalue weighted by Gasteiger charge is 2.62. The minimum atomic E-state index is -1.31. The van der Waals surface area contributed by atoms with Crippen LogP contribution < -0.4 is 0 Å². The van der Waals surface area contributed by atoms with Crippen molar-refractivity contribution < 1.29 is 14.6 Å². The maximum absolute atomic E-state index is 11.4. The molecule has 2 fully saturated rings. The number of allylic oxidation sites excluding steroid dienone is 1. The molecule has 3 atom stereocenters. The first kappa shape index (κ1) is 18.6. The molecule has 0 aromatic carbocycles. The number of aliphatic hydroxyl groups is 1. The van der Waals surface area contributed by atoms with Gasteiger partial charge in [-0.1, -0.05) is 39.6 Å². The third-order valence-electron chi connectivity index (χ3n) is 6.48. The highest BCUT2D eigenvalue weighted by atomic mass is 28.3. The van der Waals surface area contributed by atoms with Crippen LogP contribution in [0.15, 0.2) is 11.6 Å². The van der Waals surface area contributed by atoms with Crippen molar-refractivity contribution >= 4 is 8.07 Å². The second-order valence-electron chi connectivity index (χ2n) is 10.2. The fourth-order valence-electron chi connectivity index (χ4n) is 5.30. The van der Waals surface area contributed by atoms with Crippen LogP contribution in [0.4, 0.5) is 0 Å². The van der Waals surface area contributed by atoms with Gasteiger partial charge in [-0.2, -0.15) is 0 Å². The SMILES string of the molecule is CC1(CCC2C(C3=CCCC3(O)C[Si](C)(C)C)C2(C)C)OCCO1. The Kier molecular flexibility index (Phi) is 4.60. The summed E-state index contributed by atoms with van der Waals surface area (Å²) in [6.45, 7) is 15.3. The van der Waals surface area contributed by atoms with Gasteiger partial charge in [-0.15, -0.1) is 0 Å². The van der Waals surface area contributed by atoms with Crippen LogP contribution in [0.25, 0.3) is 0 Å². The van der Waals surface area contributed by atoms with E-state index in [9.17, 15) is 5.11 Å². The van der Waals surface area contributed by atoms with Crippen LogP contribution in [-0.4, -0.2) is 37.8 Å². The maximum Gasteiger partial charge on any atom is 0.165 e. The summed E-state index contributed by atoms with van der Waals surface area (Å²) in [5, 5.41) is 11.4. The Morgan fingerprint density at radius 1 is 1.17 bits per heavy atom. The lowest BCUT2D eigenvalue weighted by atomic mass is 9.90. The molecule has 1 aliphatic heterocycles. The third-order valence-corrected chi connectivity index (χ3v) is 8.12. The van der Waals surface area contributed by atoms with E-state index < -0.39 is 13.7 Å². The highest BCUT2D eigenvalue weighted by molar-refractivity contribution is 6.76. The zero-order valence-electron chi connectivity index (χ0n) is 16.4. The highest BCUT2D eigenvalue weighted by Crippen LogP contribution is 2.67. The Morgan fingerprint density at radius 2 is 1.79 bits per heavy atom. The molecule has 0 spiro atoms. The first-order valence-corrected chi connectivity index (χ1v) is 13.4. The summed E-state index contributed by atoms with van der Waals surface area (Å²) in [5.74, 6) is 0.785. The molecule has 0 aromatic heterocycles. The average Bonchev–Trinajstić information content (AvgIpc) is 2.79.